The van der Waals surface area contributed by atoms with Gasteiger partial charge in [-0.15, -0.1) is 0 Å². The Kier molecular flexibility index (Phi) is 4.97. The predicted molar refractivity (Wildman–Crippen MR) is 112 cm³/mol. The molecule has 8 nitrogen and oxygen atoms in total. The highest BCUT2D eigenvalue weighted by Crippen LogP contribution is 2.23. The van der Waals surface area contributed by atoms with Crippen molar-refractivity contribution < 1.29 is 9.90 Å². The van der Waals surface area contributed by atoms with E-state index in [9.17, 15) is 9.90 Å². The molecule has 3 heterocycles. The molecule has 29 heavy (non-hydrogen) atoms. The summed E-state index contributed by atoms with van der Waals surface area (Å²) < 4.78 is 1.77. The van der Waals surface area contributed by atoms with Gasteiger partial charge in [0.1, 0.15) is 5.82 Å². The molecule has 1 fully saturated rings. The van der Waals surface area contributed by atoms with Crippen LogP contribution in [0.15, 0.2) is 42.6 Å². The molecule has 152 valence electrons. The van der Waals surface area contributed by atoms with Gasteiger partial charge in [0.2, 0.25) is 5.95 Å². The van der Waals surface area contributed by atoms with Crippen LogP contribution in [0.4, 0.5) is 11.8 Å². The third-order valence-corrected chi connectivity index (χ3v) is 5.20. The summed E-state index contributed by atoms with van der Waals surface area (Å²) >= 11 is 0. The Morgan fingerprint density at radius 2 is 2.03 bits per heavy atom. The molecule has 0 aliphatic carbocycles. The summed E-state index contributed by atoms with van der Waals surface area (Å²) in [7, 11) is 0. The van der Waals surface area contributed by atoms with E-state index in [0.29, 0.717) is 23.9 Å². The number of rotatable bonds is 4. The van der Waals surface area contributed by atoms with Crippen LogP contribution in [0.2, 0.25) is 0 Å². The minimum atomic E-state index is -0.951. The third-order valence-electron chi connectivity index (χ3n) is 5.20. The van der Waals surface area contributed by atoms with Crippen molar-refractivity contribution >= 4 is 23.2 Å². The first kappa shape index (κ1) is 19.4. The van der Waals surface area contributed by atoms with Gasteiger partial charge in [-0.3, -0.25) is 4.79 Å². The fourth-order valence-corrected chi connectivity index (χ4v) is 3.60. The number of amides is 1. The van der Waals surface area contributed by atoms with Crippen molar-refractivity contribution in [1.82, 2.24) is 14.6 Å². The first-order valence-electron chi connectivity index (χ1n) is 9.81. The van der Waals surface area contributed by atoms with Crippen LogP contribution < -0.4 is 16.0 Å². The number of carbonyl (C=O) groups excluding carboxylic acids is 1. The minimum Gasteiger partial charge on any atom is -0.386 e. The van der Waals surface area contributed by atoms with Crippen molar-refractivity contribution in [2.75, 3.05) is 23.3 Å². The summed E-state index contributed by atoms with van der Waals surface area (Å²) in [6, 6.07) is 10.7. The number of benzene rings is 1. The number of carbonyl (C=O) groups is 1. The summed E-state index contributed by atoms with van der Waals surface area (Å²) in [5, 5.41) is 17.3. The highest BCUT2D eigenvalue weighted by atomic mass is 16.3. The molecule has 1 saturated heterocycles. The van der Waals surface area contributed by atoms with Crippen LogP contribution in [-0.2, 0) is 5.60 Å². The first-order valence-corrected chi connectivity index (χ1v) is 9.81. The molecular formula is C21H26N6O2. The normalized spacial score (nSPS) is 17.5. The van der Waals surface area contributed by atoms with Gasteiger partial charge in [0, 0.05) is 30.8 Å². The molecule has 1 amide bonds. The fourth-order valence-electron chi connectivity index (χ4n) is 3.60. The van der Waals surface area contributed by atoms with Crippen LogP contribution in [0.5, 0.6) is 0 Å². The molecule has 3 aromatic rings. The van der Waals surface area contributed by atoms with Crippen LogP contribution in [0.1, 0.15) is 42.6 Å². The first-order chi connectivity index (χ1) is 13.8. The number of anilines is 2. The largest absolute Gasteiger partial charge is 0.386 e. The summed E-state index contributed by atoms with van der Waals surface area (Å²) in [6.07, 6.45) is 3.71. The van der Waals surface area contributed by atoms with E-state index >= 15 is 0 Å². The average Bonchev–Trinajstić information content (AvgIpc) is 3.15. The Bertz CT molecular complexity index is 1020. The van der Waals surface area contributed by atoms with Gasteiger partial charge in [0.15, 0.2) is 0 Å². The van der Waals surface area contributed by atoms with E-state index in [2.05, 4.69) is 20.3 Å². The lowest BCUT2D eigenvalue weighted by molar-refractivity contribution is 0.0785. The van der Waals surface area contributed by atoms with Crippen molar-refractivity contribution in [3.8, 4) is 0 Å². The lowest BCUT2D eigenvalue weighted by Crippen LogP contribution is -2.44. The number of nitrogens with two attached hydrogens (primary N) is 1. The smallest absolute Gasteiger partial charge is 0.256 e. The molecule has 1 aliphatic rings. The molecule has 0 unspecified atom stereocenters. The van der Waals surface area contributed by atoms with Gasteiger partial charge >= 0.3 is 0 Å². The zero-order valence-corrected chi connectivity index (χ0v) is 16.7. The number of fused-ring (bicyclic) bond motifs is 1. The van der Waals surface area contributed by atoms with E-state index in [4.69, 9.17) is 5.73 Å². The van der Waals surface area contributed by atoms with Crippen molar-refractivity contribution in [2.24, 2.45) is 5.73 Å². The molecule has 4 N–H and O–H groups in total. The average molecular weight is 394 g/mol. The van der Waals surface area contributed by atoms with Crippen LogP contribution in [0, 0.1) is 0 Å². The summed E-state index contributed by atoms with van der Waals surface area (Å²) in [4.78, 5) is 19.5. The van der Waals surface area contributed by atoms with Crippen molar-refractivity contribution in [3.63, 3.8) is 0 Å². The number of hydrogen-bond donors (Lipinski definition) is 3. The molecule has 0 bridgehead atoms. The van der Waals surface area contributed by atoms with Gasteiger partial charge in [0.05, 0.1) is 17.3 Å². The van der Waals surface area contributed by atoms with Gasteiger partial charge in [-0.2, -0.15) is 10.1 Å². The minimum absolute atomic E-state index is 0.101. The number of aliphatic hydroxyl groups is 1. The number of nitrogens with zero attached hydrogens (tertiary/aromatic N) is 4. The van der Waals surface area contributed by atoms with Gasteiger partial charge < -0.3 is 21.1 Å². The highest BCUT2D eigenvalue weighted by molar-refractivity contribution is 6.04. The highest BCUT2D eigenvalue weighted by Gasteiger charge is 2.22. The zero-order chi connectivity index (χ0) is 20.6. The Labute approximate surface area is 169 Å². The number of piperidine rings is 1. The van der Waals surface area contributed by atoms with Crippen LogP contribution in [-0.4, -0.2) is 44.7 Å². The maximum Gasteiger partial charge on any atom is 0.256 e. The third kappa shape index (κ3) is 4.08. The Hall–Kier alpha value is -2.97. The molecular weight excluding hydrogens is 368 g/mol. The molecule has 2 aromatic heterocycles. The molecule has 0 saturated carbocycles. The van der Waals surface area contributed by atoms with E-state index in [1.807, 2.05) is 6.07 Å². The monoisotopic (exact) mass is 394 g/mol. The molecule has 1 aliphatic heterocycles. The quantitative estimate of drug-likeness (QED) is 0.626. The second-order valence-electron chi connectivity index (χ2n) is 8.05. The second kappa shape index (κ2) is 7.46. The predicted octanol–water partition coefficient (Wildman–Crippen LogP) is 2.14. The zero-order valence-electron chi connectivity index (χ0n) is 16.7. The summed E-state index contributed by atoms with van der Waals surface area (Å²) in [5.41, 5.74) is 7.27. The van der Waals surface area contributed by atoms with Crippen LogP contribution >= 0.6 is 0 Å². The summed E-state index contributed by atoms with van der Waals surface area (Å²) in [6.45, 7) is 4.98. The SMILES string of the molecule is CC(C)(O)c1ccc(C(=O)Nc2cc3ccnn3c(N3CCC[C@@H](N)C3)n2)cc1. The maximum atomic E-state index is 12.7. The van der Waals surface area contributed by atoms with E-state index < -0.39 is 5.60 Å². The maximum absolute atomic E-state index is 12.7. The Morgan fingerprint density at radius 1 is 1.28 bits per heavy atom. The Morgan fingerprint density at radius 3 is 2.72 bits per heavy atom. The lowest BCUT2D eigenvalue weighted by atomic mass is 9.97. The van der Waals surface area contributed by atoms with E-state index in [1.165, 1.54) is 0 Å². The fraction of sp³-hybridized carbons (Fsp3) is 0.381. The lowest BCUT2D eigenvalue weighted by Gasteiger charge is -2.31. The van der Waals surface area contributed by atoms with Crippen molar-refractivity contribution in [3.05, 3.63) is 53.7 Å². The van der Waals surface area contributed by atoms with Gasteiger partial charge in [-0.25, -0.2) is 4.52 Å². The molecule has 1 aromatic carbocycles. The van der Waals surface area contributed by atoms with E-state index in [-0.39, 0.29) is 11.9 Å². The van der Waals surface area contributed by atoms with E-state index in [1.54, 1.807) is 54.9 Å². The van der Waals surface area contributed by atoms with Gasteiger partial charge in [-0.1, -0.05) is 12.1 Å². The molecule has 8 heteroatoms. The molecule has 4 rings (SSSR count). The van der Waals surface area contributed by atoms with Crippen LogP contribution in [0.3, 0.4) is 0 Å². The molecule has 1 atom stereocenters. The molecule has 0 spiro atoms. The second-order valence-corrected chi connectivity index (χ2v) is 8.05. The standard InChI is InChI=1S/C21H26N6O2/c1-21(2,29)15-7-5-14(6-8-15)19(28)24-18-12-17-9-10-23-27(17)20(25-18)26-11-3-4-16(22)13-26/h5-10,12,16,29H,3-4,11,13,22H2,1-2H3,(H,24,28)/t16-/m1/s1. The topological polar surface area (TPSA) is 109 Å². The Balaban J connectivity index is 1.60. The van der Waals surface area contributed by atoms with Crippen LogP contribution in [0.25, 0.3) is 5.52 Å². The summed E-state index contributed by atoms with van der Waals surface area (Å²) in [5.74, 6) is 0.879. The van der Waals surface area contributed by atoms with Crippen molar-refractivity contribution in [2.45, 2.75) is 38.3 Å². The number of nitrogens with one attached hydrogen (secondary N) is 1. The van der Waals surface area contributed by atoms with Crippen molar-refractivity contribution in [1.29, 1.82) is 0 Å². The van der Waals surface area contributed by atoms with E-state index in [0.717, 1.165) is 30.5 Å². The number of hydrogen-bond acceptors (Lipinski definition) is 6. The molecule has 0 radical (unpaired) electrons. The van der Waals surface area contributed by atoms with Gasteiger partial charge in [0.25, 0.3) is 5.91 Å². The number of aromatic nitrogens is 3. The van der Waals surface area contributed by atoms with Gasteiger partial charge in [-0.05, 0) is 50.5 Å².